The second-order valence-corrected chi connectivity index (χ2v) is 5.70. The number of benzene rings is 1. The first-order valence-corrected chi connectivity index (χ1v) is 7.91. The summed E-state index contributed by atoms with van der Waals surface area (Å²) in [7, 11) is 0. The van der Waals surface area contributed by atoms with Crippen LogP contribution in [0, 0.1) is 5.82 Å². The van der Waals surface area contributed by atoms with Gasteiger partial charge in [-0.2, -0.15) is 5.10 Å². The van der Waals surface area contributed by atoms with E-state index in [1.807, 2.05) is 4.68 Å². The van der Waals surface area contributed by atoms with Crippen LogP contribution in [0.5, 0.6) is 0 Å². The Morgan fingerprint density at radius 3 is 2.92 bits per heavy atom. The molecule has 0 spiro atoms. The standard InChI is InChI=1S/C18H18FN3O2/c1-2-3-8-22-17-5-4-13(19)10-15(17)16(21-22)9-12-11-20-7-6-14(12)18(23)24/h4-7,10-11H,2-3,8-9H2,1H3,(H,23,24). The molecule has 3 rings (SSSR count). The fourth-order valence-corrected chi connectivity index (χ4v) is 2.78. The third kappa shape index (κ3) is 3.13. The molecule has 0 radical (unpaired) electrons. The first-order chi connectivity index (χ1) is 11.6. The van der Waals surface area contributed by atoms with E-state index in [4.69, 9.17) is 0 Å². The summed E-state index contributed by atoms with van der Waals surface area (Å²) in [5.41, 5.74) is 2.28. The highest BCUT2D eigenvalue weighted by molar-refractivity contribution is 5.89. The molecule has 1 aromatic carbocycles. The molecule has 0 saturated heterocycles. The van der Waals surface area contributed by atoms with Crippen LogP contribution in [0.25, 0.3) is 10.9 Å². The number of fused-ring (bicyclic) bond motifs is 1. The number of aromatic carboxylic acids is 1. The van der Waals surface area contributed by atoms with E-state index in [0.29, 0.717) is 23.1 Å². The number of nitrogens with zero attached hydrogens (tertiary/aromatic N) is 3. The Hall–Kier alpha value is -2.76. The lowest BCUT2D eigenvalue weighted by Crippen LogP contribution is -2.05. The number of aromatic nitrogens is 3. The topological polar surface area (TPSA) is 68.0 Å². The molecule has 24 heavy (non-hydrogen) atoms. The van der Waals surface area contributed by atoms with Gasteiger partial charge in [0, 0.05) is 30.7 Å². The lowest BCUT2D eigenvalue weighted by molar-refractivity contribution is 0.0695. The van der Waals surface area contributed by atoms with Gasteiger partial charge in [0.05, 0.1) is 16.8 Å². The fourth-order valence-electron chi connectivity index (χ4n) is 2.78. The van der Waals surface area contributed by atoms with Crippen LogP contribution in [0.2, 0.25) is 0 Å². The van der Waals surface area contributed by atoms with E-state index >= 15 is 0 Å². The van der Waals surface area contributed by atoms with Gasteiger partial charge in [0.1, 0.15) is 5.82 Å². The fraction of sp³-hybridized carbons (Fsp3) is 0.278. The van der Waals surface area contributed by atoms with Crippen molar-refractivity contribution in [2.45, 2.75) is 32.7 Å². The Balaban J connectivity index is 2.06. The summed E-state index contributed by atoms with van der Waals surface area (Å²) in [5.74, 6) is -1.34. The second-order valence-electron chi connectivity index (χ2n) is 5.70. The molecule has 124 valence electrons. The van der Waals surface area contributed by atoms with Crippen LogP contribution >= 0.6 is 0 Å². The number of unbranched alkanes of at least 4 members (excludes halogenated alkanes) is 1. The zero-order valence-corrected chi connectivity index (χ0v) is 13.4. The summed E-state index contributed by atoms with van der Waals surface area (Å²) in [6.07, 6.45) is 5.28. The minimum atomic E-state index is -1.01. The van der Waals surface area contributed by atoms with Crippen molar-refractivity contribution in [3.05, 3.63) is 59.3 Å². The number of hydrogen-bond acceptors (Lipinski definition) is 3. The first kappa shape index (κ1) is 16.1. The van der Waals surface area contributed by atoms with Gasteiger partial charge < -0.3 is 5.11 Å². The number of halogens is 1. The Kier molecular flexibility index (Phi) is 4.55. The molecular formula is C18H18FN3O2. The summed E-state index contributed by atoms with van der Waals surface area (Å²) in [6, 6.07) is 6.06. The Labute approximate surface area is 138 Å². The van der Waals surface area contributed by atoms with Crippen LogP contribution in [-0.2, 0) is 13.0 Å². The molecule has 2 heterocycles. The van der Waals surface area contributed by atoms with Crippen molar-refractivity contribution in [2.75, 3.05) is 0 Å². The van der Waals surface area contributed by atoms with E-state index < -0.39 is 5.97 Å². The smallest absolute Gasteiger partial charge is 0.336 e. The molecule has 2 aromatic heterocycles. The summed E-state index contributed by atoms with van der Waals surface area (Å²) >= 11 is 0. The van der Waals surface area contributed by atoms with E-state index in [9.17, 15) is 14.3 Å². The SMILES string of the molecule is CCCCn1nc(Cc2cnccc2C(=O)O)c2cc(F)ccc21. The number of pyridine rings is 1. The monoisotopic (exact) mass is 327 g/mol. The summed E-state index contributed by atoms with van der Waals surface area (Å²) in [4.78, 5) is 15.4. The van der Waals surface area contributed by atoms with Crippen molar-refractivity contribution >= 4 is 16.9 Å². The van der Waals surface area contributed by atoms with Gasteiger partial charge in [-0.15, -0.1) is 0 Å². The number of carbonyl (C=O) groups is 1. The minimum absolute atomic E-state index is 0.192. The molecule has 3 aromatic rings. The van der Waals surface area contributed by atoms with Gasteiger partial charge in [-0.25, -0.2) is 9.18 Å². The van der Waals surface area contributed by atoms with Crippen molar-refractivity contribution in [1.29, 1.82) is 0 Å². The molecule has 0 aliphatic heterocycles. The zero-order valence-electron chi connectivity index (χ0n) is 13.4. The summed E-state index contributed by atoms with van der Waals surface area (Å²) in [5, 5.41) is 14.6. The lowest BCUT2D eigenvalue weighted by Gasteiger charge is -2.03. The van der Waals surface area contributed by atoms with Crippen LogP contribution < -0.4 is 0 Å². The van der Waals surface area contributed by atoms with Crippen LogP contribution in [0.1, 0.15) is 41.4 Å². The first-order valence-electron chi connectivity index (χ1n) is 7.91. The maximum atomic E-state index is 13.7. The normalized spacial score (nSPS) is 11.1. The van der Waals surface area contributed by atoms with Gasteiger partial charge in [0.2, 0.25) is 0 Å². The summed E-state index contributed by atoms with van der Waals surface area (Å²) in [6.45, 7) is 2.85. The zero-order chi connectivity index (χ0) is 17.1. The maximum Gasteiger partial charge on any atom is 0.336 e. The predicted octanol–water partition coefficient (Wildman–Crippen LogP) is 3.66. The van der Waals surface area contributed by atoms with E-state index in [-0.39, 0.29) is 11.4 Å². The van der Waals surface area contributed by atoms with Crippen molar-refractivity contribution in [1.82, 2.24) is 14.8 Å². The van der Waals surface area contributed by atoms with Gasteiger partial charge in [-0.05, 0) is 36.2 Å². The second kappa shape index (κ2) is 6.78. The molecule has 0 saturated carbocycles. The number of rotatable bonds is 6. The number of carboxylic acids is 1. The highest BCUT2D eigenvalue weighted by Gasteiger charge is 2.16. The molecule has 0 unspecified atom stereocenters. The lowest BCUT2D eigenvalue weighted by atomic mass is 10.0. The predicted molar refractivity (Wildman–Crippen MR) is 88.6 cm³/mol. The largest absolute Gasteiger partial charge is 0.478 e. The van der Waals surface area contributed by atoms with E-state index in [0.717, 1.165) is 24.9 Å². The summed E-state index contributed by atoms with van der Waals surface area (Å²) < 4.78 is 15.5. The average molecular weight is 327 g/mol. The Morgan fingerprint density at radius 2 is 2.17 bits per heavy atom. The molecule has 0 fully saturated rings. The minimum Gasteiger partial charge on any atom is -0.478 e. The molecule has 0 aliphatic rings. The molecule has 0 atom stereocenters. The van der Waals surface area contributed by atoms with Crippen LogP contribution in [0.3, 0.4) is 0 Å². The third-order valence-electron chi connectivity index (χ3n) is 4.00. The van der Waals surface area contributed by atoms with Gasteiger partial charge >= 0.3 is 5.97 Å². The third-order valence-corrected chi connectivity index (χ3v) is 4.00. The molecule has 6 heteroatoms. The highest BCUT2D eigenvalue weighted by atomic mass is 19.1. The van der Waals surface area contributed by atoms with Gasteiger partial charge in [-0.1, -0.05) is 13.3 Å². The molecule has 5 nitrogen and oxygen atoms in total. The van der Waals surface area contributed by atoms with Gasteiger partial charge in [-0.3, -0.25) is 9.67 Å². The maximum absolute atomic E-state index is 13.7. The van der Waals surface area contributed by atoms with E-state index in [1.165, 1.54) is 30.6 Å². The molecule has 1 N–H and O–H groups in total. The van der Waals surface area contributed by atoms with E-state index in [1.54, 1.807) is 6.07 Å². The van der Waals surface area contributed by atoms with Gasteiger partial charge in [0.15, 0.2) is 0 Å². The number of hydrogen-bond donors (Lipinski definition) is 1. The van der Waals surface area contributed by atoms with Crippen molar-refractivity contribution in [2.24, 2.45) is 0 Å². The number of aryl methyl sites for hydroxylation is 1. The quantitative estimate of drug-likeness (QED) is 0.750. The molecular weight excluding hydrogens is 309 g/mol. The van der Waals surface area contributed by atoms with E-state index in [2.05, 4.69) is 17.0 Å². The molecule has 0 aliphatic carbocycles. The van der Waals surface area contributed by atoms with Gasteiger partial charge in [0.25, 0.3) is 0 Å². The van der Waals surface area contributed by atoms with Crippen LogP contribution in [-0.4, -0.2) is 25.8 Å². The Bertz CT molecular complexity index is 889. The Morgan fingerprint density at radius 1 is 1.33 bits per heavy atom. The number of carboxylic acid groups (broad SMARTS) is 1. The van der Waals surface area contributed by atoms with Crippen molar-refractivity contribution in [3.63, 3.8) is 0 Å². The van der Waals surface area contributed by atoms with Crippen molar-refractivity contribution in [3.8, 4) is 0 Å². The average Bonchev–Trinajstić information content (AvgIpc) is 2.90. The van der Waals surface area contributed by atoms with Crippen LogP contribution in [0.15, 0.2) is 36.7 Å². The van der Waals surface area contributed by atoms with Crippen LogP contribution in [0.4, 0.5) is 4.39 Å². The molecule has 0 bridgehead atoms. The highest BCUT2D eigenvalue weighted by Crippen LogP contribution is 2.23. The molecule has 0 amide bonds. The van der Waals surface area contributed by atoms with Crippen molar-refractivity contribution < 1.29 is 14.3 Å².